The van der Waals surface area contributed by atoms with E-state index in [1.54, 1.807) is 36.2 Å². The van der Waals surface area contributed by atoms with Crippen LogP contribution in [0, 0.1) is 17.1 Å². The second-order valence-electron chi connectivity index (χ2n) is 4.60. The Morgan fingerprint density at radius 2 is 1.95 bits per heavy atom. The van der Waals surface area contributed by atoms with Gasteiger partial charge in [0.05, 0.1) is 11.3 Å². The largest absolute Gasteiger partial charge is 0.478 e. The van der Waals surface area contributed by atoms with Gasteiger partial charge in [0.25, 0.3) is 0 Å². The summed E-state index contributed by atoms with van der Waals surface area (Å²) in [5.74, 6) is -1.53. The van der Waals surface area contributed by atoms with Gasteiger partial charge in [0, 0.05) is 13.6 Å². The van der Waals surface area contributed by atoms with Gasteiger partial charge in [0.1, 0.15) is 17.4 Å². The van der Waals surface area contributed by atoms with Gasteiger partial charge in [-0.1, -0.05) is 18.2 Å². The van der Waals surface area contributed by atoms with Gasteiger partial charge < -0.3 is 10.0 Å². The maximum absolute atomic E-state index is 13.6. The third-order valence-corrected chi connectivity index (χ3v) is 3.14. The summed E-state index contributed by atoms with van der Waals surface area (Å²) in [4.78, 5) is 12.5. The number of hydrogen-bond donors (Lipinski definition) is 1. The molecule has 0 unspecified atom stereocenters. The van der Waals surface area contributed by atoms with Crippen LogP contribution in [0.5, 0.6) is 0 Å². The van der Waals surface area contributed by atoms with Gasteiger partial charge in [-0.2, -0.15) is 5.26 Å². The molecule has 0 aliphatic rings. The summed E-state index contributed by atoms with van der Waals surface area (Å²) in [5.41, 5.74) is 1.59. The van der Waals surface area contributed by atoms with Crippen molar-refractivity contribution in [2.45, 2.75) is 6.54 Å². The number of carboxylic acid groups (broad SMARTS) is 1. The maximum Gasteiger partial charge on any atom is 0.335 e. The highest BCUT2D eigenvalue weighted by molar-refractivity contribution is 5.87. The number of rotatable bonds is 4. The molecule has 2 aromatic carbocycles. The van der Waals surface area contributed by atoms with Crippen LogP contribution in [0.3, 0.4) is 0 Å². The Morgan fingerprint density at radius 1 is 1.29 bits per heavy atom. The Bertz CT molecular complexity index is 705. The topological polar surface area (TPSA) is 64.3 Å². The van der Waals surface area contributed by atoms with Gasteiger partial charge in [-0.05, 0) is 29.8 Å². The minimum absolute atomic E-state index is 0.00200. The van der Waals surface area contributed by atoms with E-state index in [1.807, 2.05) is 6.07 Å². The first-order valence-corrected chi connectivity index (χ1v) is 6.25. The highest BCUT2D eigenvalue weighted by Gasteiger charge is 2.12. The van der Waals surface area contributed by atoms with E-state index in [9.17, 15) is 9.18 Å². The molecule has 21 heavy (non-hydrogen) atoms. The third kappa shape index (κ3) is 3.18. The van der Waals surface area contributed by atoms with Gasteiger partial charge in [0.2, 0.25) is 0 Å². The molecule has 106 valence electrons. The molecule has 0 spiro atoms. The second-order valence-corrected chi connectivity index (χ2v) is 4.60. The molecule has 4 nitrogen and oxygen atoms in total. The van der Waals surface area contributed by atoms with Crippen molar-refractivity contribution in [3.8, 4) is 6.07 Å². The van der Waals surface area contributed by atoms with Gasteiger partial charge in [-0.25, -0.2) is 9.18 Å². The SMILES string of the molecule is CN(Cc1ccc(C(=O)O)cc1)c1cccc(F)c1C#N. The van der Waals surface area contributed by atoms with Crippen LogP contribution < -0.4 is 4.90 Å². The normalized spacial score (nSPS) is 9.95. The third-order valence-electron chi connectivity index (χ3n) is 3.14. The van der Waals surface area contributed by atoms with Crippen LogP contribution in [0.1, 0.15) is 21.5 Å². The lowest BCUT2D eigenvalue weighted by Crippen LogP contribution is -2.18. The summed E-state index contributed by atoms with van der Waals surface area (Å²) in [7, 11) is 1.75. The summed E-state index contributed by atoms with van der Waals surface area (Å²) in [6, 6.07) is 12.8. The lowest BCUT2D eigenvalue weighted by Gasteiger charge is -2.20. The van der Waals surface area contributed by atoms with Gasteiger partial charge in [-0.15, -0.1) is 0 Å². The minimum Gasteiger partial charge on any atom is -0.478 e. The van der Waals surface area contributed by atoms with Crippen LogP contribution >= 0.6 is 0 Å². The van der Waals surface area contributed by atoms with Crippen molar-refractivity contribution >= 4 is 11.7 Å². The summed E-state index contributed by atoms with van der Waals surface area (Å²) >= 11 is 0. The van der Waals surface area contributed by atoms with Crippen molar-refractivity contribution < 1.29 is 14.3 Å². The van der Waals surface area contributed by atoms with E-state index in [4.69, 9.17) is 10.4 Å². The van der Waals surface area contributed by atoms with Crippen molar-refractivity contribution in [1.82, 2.24) is 0 Å². The number of benzene rings is 2. The quantitative estimate of drug-likeness (QED) is 0.937. The number of carbonyl (C=O) groups is 1. The molecular formula is C16H13FN2O2. The Labute approximate surface area is 121 Å². The minimum atomic E-state index is -0.980. The van der Waals surface area contributed by atoms with Gasteiger partial charge >= 0.3 is 5.97 Å². The van der Waals surface area contributed by atoms with Crippen molar-refractivity contribution in [1.29, 1.82) is 5.26 Å². The van der Waals surface area contributed by atoms with Crippen LogP contribution in [0.25, 0.3) is 0 Å². The molecule has 2 aromatic rings. The predicted octanol–water partition coefficient (Wildman–Crippen LogP) is 3.03. The fourth-order valence-corrected chi connectivity index (χ4v) is 2.05. The average molecular weight is 284 g/mol. The number of carboxylic acids is 1. The van der Waals surface area contributed by atoms with E-state index in [0.29, 0.717) is 12.2 Å². The molecule has 0 radical (unpaired) electrons. The first-order valence-electron chi connectivity index (χ1n) is 6.25. The Morgan fingerprint density at radius 3 is 2.52 bits per heavy atom. The Hall–Kier alpha value is -2.87. The number of halogens is 1. The van der Waals surface area contributed by atoms with E-state index >= 15 is 0 Å². The number of nitrogens with zero attached hydrogens (tertiary/aromatic N) is 2. The Kier molecular flexibility index (Phi) is 4.19. The van der Waals surface area contributed by atoms with Crippen LogP contribution in [-0.4, -0.2) is 18.1 Å². The molecule has 0 saturated carbocycles. The van der Waals surface area contributed by atoms with Crippen molar-refractivity contribution in [3.05, 3.63) is 65.0 Å². The standard InChI is InChI=1S/C16H13FN2O2/c1-19(15-4-2-3-14(17)13(15)9-18)10-11-5-7-12(8-6-11)16(20)21/h2-8H,10H2,1H3,(H,20,21). The van der Waals surface area contributed by atoms with Crippen molar-refractivity contribution in [3.63, 3.8) is 0 Å². The average Bonchev–Trinajstić information content (AvgIpc) is 2.47. The number of anilines is 1. The fourth-order valence-electron chi connectivity index (χ4n) is 2.05. The highest BCUT2D eigenvalue weighted by Crippen LogP contribution is 2.23. The number of aromatic carboxylic acids is 1. The molecule has 5 heteroatoms. The van der Waals surface area contributed by atoms with E-state index < -0.39 is 11.8 Å². The molecule has 0 aliphatic heterocycles. The molecule has 0 fully saturated rings. The van der Waals surface area contributed by atoms with Gasteiger partial charge in [-0.3, -0.25) is 0 Å². The molecule has 0 bridgehead atoms. The summed E-state index contributed by atoms with van der Waals surface area (Å²) in [6.45, 7) is 0.442. The molecule has 0 saturated heterocycles. The van der Waals surface area contributed by atoms with E-state index in [-0.39, 0.29) is 11.1 Å². The zero-order valence-corrected chi connectivity index (χ0v) is 11.4. The van der Waals surface area contributed by atoms with Crippen LogP contribution in [0.4, 0.5) is 10.1 Å². The van der Waals surface area contributed by atoms with Crippen molar-refractivity contribution in [2.24, 2.45) is 0 Å². The summed E-state index contributed by atoms with van der Waals surface area (Å²) < 4.78 is 13.6. The molecule has 0 amide bonds. The molecule has 0 heterocycles. The monoisotopic (exact) mass is 284 g/mol. The van der Waals surface area contributed by atoms with Crippen LogP contribution in [0.2, 0.25) is 0 Å². The van der Waals surface area contributed by atoms with E-state index in [1.165, 1.54) is 18.2 Å². The van der Waals surface area contributed by atoms with E-state index in [0.717, 1.165) is 5.56 Å². The maximum atomic E-state index is 13.6. The first kappa shape index (κ1) is 14.5. The van der Waals surface area contributed by atoms with E-state index in [2.05, 4.69) is 0 Å². The molecule has 2 rings (SSSR count). The summed E-state index contributed by atoms with van der Waals surface area (Å²) in [5, 5.41) is 17.9. The fraction of sp³-hybridized carbons (Fsp3) is 0.125. The van der Waals surface area contributed by atoms with Crippen LogP contribution in [0.15, 0.2) is 42.5 Å². The Balaban J connectivity index is 2.22. The molecular weight excluding hydrogens is 271 g/mol. The lowest BCUT2D eigenvalue weighted by atomic mass is 10.1. The molecule has 0 aromatic heterocycles. The molecule has 0 atom stereocenters. The number of nitriles is 1. The zero-order valence-electron chi connectivity index (χ0n) is 11.4. The van der Waals surface area contributed by atoms with Gasteiger partial charge in [0.15, 0.2) is 0 Å². The lowest BCUT2D eigenvalue weighted by molar-refractivity contribution is 0.0697. The smallest absolute Gasteiger partial charge is 0.335 e. The zero-order chi connectivity index (χ0) is 15.4. The molecule has 0 aliphatic carbocycles. The predicted molar refractivity (Wildman–Crippen MR) is 76.6 cm³/mol. The summed E-state index contributed by atoms with van der Waals surface area (Å²) in [6.07, 6.45) is 0. The van der Waals surface area contributed by atoms with Crippen molar-refractivity contribution in [2.75, 3.05) is 11.9 Å². The molecule has 1 N–H and O–H groups in total. The van der Waals surface area contributed by atoms with Crippen LogP contribution in [-0.2, 0) is 6.54 Å². The second kappa shape index (κ2) is 6.06. The number of hydrogen-bond acceptors (Lipinski definition) is 3. The highest BCUT2D eigenvalue weighted by atomic mass is 19.1. The first-order chi connectivity index (χ1) is 10.0.